The minimum atomic E-state index is -0.836. The molecular formula is C13H18O4. The Labute approximate surface area is 101 Å². The van der Waals surface area contributed by atoms with Crippen molar-refractivity contribution < 1.29 is 19.1 Å². The fourth-order valence-electron chi connectivity index (χ4n) is 1.95. The molecule has 1 saturated heterocycles. The smallest absolute Gasteiger partial charge is 0.324 e. The molecule has 2 atom stereocenters. The first-order valence-electron chi connectivity index (χ1n) is 6.02. The van der Waals surface area contributed by atoms with E-state index in [2.05, 4.69) is 11.3 Å². The Kier molecular flexibility index (Phi) is 5.07. The summed E-state index contributed by atoms with van der Waals surface area (Å²) in [5.74, 6) is -3.31. The Hall–Kier alpha value is -1.45. The third kappa shape index (κ3) is 3.25. The molecule has 0 spiro atoms. The highest BCUT2D eigenvalue weighted by Crippen LogP contribution is 2.25. The first-order chi connectivity index (χ1) is 8.11. The van der Waals surface area contributed by atoms with Gasteiger partial charge in [-0.15, -0.1) is 6.58 Å². The fraction of sp³-hybridized carbons (Fsp3) is 0.615. The van der Waals surface area contributed by atoms with Crippen LogP contribution < -0.4 is 0 Å². The van der Waals surface area contributed by atoms with Gasteiger partial charge in [0, 0.05) is 0 Å². The van der Waals surface area contributed by atoms with E-state index in [1.165, 1.54) is 6.08 Å². The lowest BCUT2D eigenvalue weighted by molar-refractivity contribution is -0.174. The molecule has 17 heavy (non-hydrogen) atoms. The number of hydrogen-bond acceptors (Lipinski definition) is 4. The van der Waals surface area contributed by atoms with Crippen LogP contribution in [0, 0.1) is 11.8 Å². The number of carbonyl (C=O) groups excluding carboxylic acids is 3. The third-order valence-corrected chi connectivity index (χ3v) is 2.96. The predicted molar refractivity (Wildman–Crippen MR) is 62.0 cm³/mol. The van der Waals surface area contributed by atoms with Gasteiger partial charge in [-0.2, -0.15) is 0 Å². The molecule has 4 nitrogen and oxygen atoms in total. The van der Waals surface area contributed by atoms with E-state index in [0.29, 0.717) is 6.42 Å². The summed E-state index contributed by atoms with van der Waals surface area (Å²) >= 11 is 0. The van der Waals surface area contributed by atoms with E-state index in [-0.39, 0.29) is 12.2 Å². The van der Waals surface area contributed by atoms with Gasteiger partial charge in [0.1, 0.15) is 11.8 Å². The molecule has 1 heterocycles. The number of rotatable bonds is 6. The summed E-state index contributed by atoms with van der Waals surface area (Å²) in [5.41, 5.74) is 0. The SMILES string of the molecule is C=CCC1C(=O)OC(=O)C(CCCCC)C1=O. The summed E-state index contributed by atoms with van der Waals surface area (Å²) < 4.78 is 4.62. The molecule has 2 unspecified atom stereocenters. The maximum atomic E-state index is 12.0. The molecule has 0 N–H and O–H groups in total. The Bertz CT molecular complexity index is 332. The van der Waals surface area contributed by atoms with E-state index in [1.54, 1.807) is 0 Å². The van der Waals surface area contributed by atoms with Crippen molar-refractivity contribution in [2.45, 2.75) is 39.0 Å². The number of allylic oxidation sites excluding steroid dienone is 1. The number of Topliss-reactive ketones (excluding diaryl/α,β-unsaturated/α-hetero) is 1. The van der Waals surface area contributed by atoms with Gasteiger partial charge < -0.3 is 4.74 Å². The maximum absolute atomic E-state index is 12.0. The summed E-state index contributed by atoms with van der Waals surface area (Å²) in [4.78, 5) is 34.8. The highest BCUT2D eigenvalue weighted by atomic mass is 16.6. The standard InChI is InChI=1S/C13H18O4/c1-3-5-6-8-10-11(14)9(7-4-2)12(15)17-13(10)16/h4,9-10H,2-3,5-8H2,1H3. The summed E-state index contributed by atoms with van der Waals surface area (Å²) in [6.45, 7) is 5.54. The third-order valence-electron chi connectivity index (χ3n) is 2.96. The fourth-order valence-corrected chi connectivity index (χ4v) is 1.95. The molecule has 1 aliphatic rings. The minimum Gasteiger partial charge on any atom is -0.392 e. The molecule has 4 heteroatoms. The van der Waals surface area contributed by atoms with Gasteiger partial charge in [0.2, 0.25) is 0 Å². The largest absolute Gasteiger partial charge is 0.392 e. The highest BCUT2D eigenvalue weighted by Gasteiger charge is 2.43. The van der Waals surface area contributed by atoms with Crippen LogP contribution in [0.1, 0.15) is 39.0 Å². The normalized spacial score (nSPS) is 24.6. The molecule has 0 saturated carbocycles. The molecule has 1 aliphatic heterocycles. The van der Waals surface area contributed by atoms with Crippen molar-refractivity contribution in [2.75, 3.05) is 0 Å². The molecule has 1 fully saturated rings. The highest BCUT2D eigenvalue weighted by molar-refractivity contribution is 6.15. The average Bonchev–Trinajstić information content (AvgIpc) is 2.29. The van der Waals surface area contributed by atoms with E-state index in [1.807, 2.05) is 6.92 Å². The molecule has 0 aromatic heterocycles. The first kappa shape index (κ1) is 13.6. The number of unbranched alkanes of at least 4 members (excludes halogenated alkanes) is 2. The van der Waals surface area contributed by atoms with Gasteiger partial charge in [-0.05, 0) is 12.8 Å². The zero-order valence-corrected chi connectivity index (χ0v) is 10.1. The lowest BCUT2D eigenvalue weighted by atomic mass is 9.85. The zero-order valence-electron chi connectivity index (χ0n) is 10.1. The van der Waals surface area contributed by atoms with Crippen LogP contribution in [0.5, 0.6) is 0 Å². The van der Waals surface area contributed by atoms with Crippen LogP contribution in [0.15, 0.2) is 12.7 Å². The van der Waals surface area contributed by atoms with Crippen LogP contribution in [0.2, 0.25) is 0 Å². The molecule has 0 bridgehead atoms. The van der Waals surface area contributed by atoms with Crippen molar-refractivity contribution in [3.05, 3.63) is 12.7 Å². The maximum Gasteiger partial charge on any atom is 0.324 e. The summed E-state index contributed by atoms with van der Waals surface area (Å²) in [6, 6.07) is 0. The molecule has 0 aliphatic carbocycles. The van der Waals surface area contributed by atoms with Crippen molar-refractivity contribution in [1.29, 1.82) is 0 Å². The number of ether oxygens (including phenoxy) is 1. The first-order valence-corrected chi connectivity index (χ1v) is 6.02. The number of hydrogen-bond donors (Lipinski definition) is 0. The van der Waals surface area contributed by atoms with Gasteiger partial charge in [0.25, 0.3) is 0 Å². The molecule has 0 amide bonds. The second kappa shape index (κ2) is 6.33. The van der Waals surface area contributed by atoms with Gasteiger partial charge >= 0.3 is 11.9 Å². The van der Waals surface area contributed by atoms with Crippen LogP contribution >= 0.6 is 0 Å². The molecule has 94 valence electrons. The lowest BCUT2D eigenvalue weighted by Gasteiger charge is -2.24. The van der Waals surface area contributed by atoms with Gasteiger partial charge in [0.15, 0.2) is 5.78 Å². The summed E-state index contributed by atoms with van der Waals surface area (Å²) in [7, 11) is 0. The Morgan fingerprint density at radius 2 is 1.82 bits per heavy atom. The van der Waals surface area contributed by atoms with E-state index in [0.717, 1.165) is 19.3 Å². The minimum absolute atomic E-state index is 0.245. The van der Waals surface area contributed by atoms with Crippen molar-refractivity contribution in [1.82, 2.24) is 0 Å². The van der Waals surface area contributed by atoms with E-state index in [4.69, 9.17) is 0 Å². The molecule has 1 rings (SSSR count). The van der Waals surface area contributed by atoms with Crippen LogP contribution in [-0.4, -0.2) is 17.7 Å². The summed E-state index contributed by atoms with van der Waals surface area (Å²) in [6.07, 6.45) is 5.02. The second-order valence-electron chi connectivity index (χ2n) is 4.27. The second-order valence-corrected chi connectivity index (χ2v) is 4.27. The Balaban J connectivity index is 2.68. The van der Waals surface area contributed by atoms with Crippen molar-refractivity contribution in [3.63, 3.8) is 0 Å². The quantitative estimate of drug-likeness (QED) is 0.307. The van der Waals surface area contributed by atoms with E-state index in [9.17, 15) is 14.4 Å². The molecule has 0 aromatic carbocycles. The predicted octanol–water partition coefficient (Wildman–Crippen LogP) is 2.03. The van der Waals surface area contributed by atoms with E-state index >= 15 is 0 Å². The Morgan fingerprint density at radius 1 is 1.18 bits per heavy atom. The van der Waals surface area contributed by atoms with Crippen LogP contribution in [-0.2, 0) is 19.1 Å². The van der Waals surface area contributed by atoms with Crippen molar-refractivity contribution >= 4 is 17.7 Å². The lowest BCUT2D eigenvalue weighted by Crippen LogP contribution is -2.43. The van der Waals surface area contributed by atoms with Crippen LogP contribution in [0.4, 0.5) is 0 Å². The molecular weight excluding hydrogens is 220 g/mol. The zero-order chi connectivity index (χ0) is 12.8. The van der Waals surface area contributed by atoms with Crippen molar-refractivity contribution in [2.24, 2.45) is 11.8 Å². The van der Waals surface area contributed by atoms with Gasteiger partial charge in [-0.25, -0.2) is 0 Å². The molecule has 0 aromatic rings. The van der Waals surface area contributed by atoms with Crippen LogP contribution in [0.3, 0.4) is 0 Å². The number of carbonyl (C=O) groups is 3. The monoisotopic (exact) mass is 238 g/mol. The summed E-state index contributed by atoms with van der Waals surface area (Å²) in [5, 5.41) is 0. The van der Waals surface area contributed by atoms with Gasteiger partial charge in [-0.1, -0.05) is 32.3 Å². The number of esters is 2. The van der Waals surface area contributed by atoms with Gasteiger partial charge in [-0.3, -0.25) is 14.4 Å². The number of ketones is 1. The Morgan fingerprint density at radius 3 is 2.41 bits per heavy atom. The topological polar surface area (TPSA) is 60.4 Å². The van der Waals surface area contributed by atoms with Gasteiger partial charge in [0.05, 0.1) is 0 Å². The van der Waals surface area contributed by atoms with E-state index < -0.39 is 23.8 Å². The number of cyclic esters (lactones) is 2. The average molecular weight is 238 g/mol. The molecule has 0 radical (unpaired) electrons. The van der Waals surface area contributed by atoms with Crippen molar-refractivity contribution in [3.8, 4) is 0 Å². The van der Waals surface area contributed by atoms with Crippen LogP contribution in [0.25, 0.3) is 0 Å².